The summed E-state index contributed by atoms with van der Waals surface area (Å²) in [5.41, 5.74) is 4.21. The van der Waals surface area contributed by atoms with Crippen LogP contribution in [0.3, 0.4) is 0 Å². The van der Waals surface area contributed by atoms with Crippen LogP contribution in [0.5, 0.6) is 0 Å². The van der Waals surface area contributed by atoms with Gasteiger partial charge in [0, 0.05) is 6.42 Å². The highest BCUT2D eigenvalue weighted by Crippen LogP contribution is 2.37. The first-order valence-corrected chi connectivity index (χ1v) is 13.3. The van der Waals surface area contributed by atoms with Crippen LogP contribution in [0.25, 0.3) is 11.1 Å². The minimum Gasteiger partial charge on any atom is -0.207 e. The minimum absolute atomic E-state index is 0.143. The van der Waals surface area contributed by atoms with E-state index in [4.69, 9.17) is 0 Å². The molecular weight excluding hydrogens is 441 g/mol. The zero-order valence-electron chi connectivity index (χ0n) is 21.1. The molecule has 3 aromatic rings. The zero-order chi connectivity index (χ0) is 24.8. The van der Waals surface area contributed by atoms with E-state index in [1.54, 1.807) is 18.2 Å². The SMILES string of the molecule is CCCCCCc1ccc(Cc2cccc(-c3ccc(C4CCC(C)CC4)c(F)c3)c2)c(F)c1F. The van der Waals surface area contributed by atoms with E-state index in [1.165, 1.54) is 0 Å². The average Bonchev–Trinajstić information content (AvgIpc) is 2.87. The molecule has 0 spiro atoms. The summed E-state index contributed by atoms with van der Waals surface area (Å²) in [7, 11) is 0. The number of unbranched alkanes of at least 4 members (excludes halogenated alkanes) is 3. The van der Waals surface area contributed by atoms with E-state index in [0.29, 0.717) is 29.9 Å². The normalized spacial score (nSPS) is 18.1. The van der Waals surface area contributed by atoms with Crippen LogP contribution in [0, 0.1) is 23.4 Å². The first kappa shape index (κ1) is 25.5. The van der Waals surface area contributed by atoms with Gasteiger partial charge in [-0.15, -0.1) is 0 Å². The fourth-order valence-electron chi connectivity index (χ4n) is 5.39. The van der Waals surface area contributed by atoms with Crippen LogP contribution in [-0.2, 0) is 12.8 Å². The molecule has 0 aliphatic heterocycles. The third-order valence-electron chi connectivity index (χ3n) is 7.65. The number of hydrogen-bond donors (Lipinski definition) is 0. The van der Waals surface area contributed by atoms with Crippen LogP contribution in [0.15, 0.2) is 54.6 Å². The zero-order valence-corrected chi connectivity index (χ0v) is 21.1. The van der Waals surface area contributed by atoms with Gasteiger partial charge in [0.2, 0.25) is 0 Å². The van der Waals surface area contributed by atoms with Crippen LogP contribution in [0.2, 0.25) is 0 Å². The van der Waals surface area contributed by atoms with E-state index in [-0.39, 0.29) is 5.82 Å². The van der Waals surface area contributed by atoms with Gasteiger partial charge in [0.15, 0.2) is 11.6 Å². The van der Waals surface area contributed by atoms with E-state index in [0.717, 1.165) is 79.5 Å². The lowest BCUT2D eigenvalue weighted by molar-refractivity contribution is 0.342. The van der Waals surface area contributed by atoms with Crippen molar-refractivity contribution in [3.63, 3.8) is 0 Å². The summed E-state index contributed by atoms with van der Waals surface area (Å²) in [6.07, 6.45) is 9.42. The molecule has 0 aromatic heterocycles. The smallest absolute Gasteiger partial charge is 0.162 e. The van der Waals surface area contributed by atoms with E-state index >= 15 is 4.39 Å². The maximum atomic E-state index is 15.0. The maximum Gasteiger partial charge on any atom is 0.162 e. The quantitative estimate of drug-likeness (QED) is 0.268. The van der Waals surface area contributed by atoms with Crippen molar-refractivity contribution in [3.05, 3.63) is 94.3 Å². The van der Waals surface area contributed by atoms with Crippen LogP contribution >= 0.6 is 0 Å². The summed E-state index contributed by atoms with van der Waals surface area (Å²) in [5, 5.41) is 0. The number of hydrogen-bond acceptors (Lipinski definition) is 0. The monoisotopic (exact) mass is 478 g/mol. The molecule has 0 radical (unpaired) electrons. The highest BCUT2D eigenvalue weighted by Gasteiger charge is 2.22. The molecule has 0 atom stereocenters. The molecule has 0 saturated heterocycles. The lowest BCUT2D eigenvalue weighted by Gasteiger charge is -2.26. The second-order valence-electron chi connectivity index (χ2n) is 10.4. The lowest BCUT2D eigenvalue weighted by Crippen LogP contribution is -2.12. The Kier molecular flexibility index (Phi) is 8.70. The molecule has 0 N–H and O–H groups in total. The number of rotatable bonds is 9. The van der Waals surface area contributed by atoms with Crippen molar-refractivity contribution in [1.82, 2.24) is 0 Å². The van der Waals surface area contributed by atoms with Crippen molar-refractivity contribution < 1.29 is 13.2 Å². The van der Waals surface area contributed by atoms with Crippen LogP contribution in [0.4, 0.5) is 13.2 Å². The van der Waals surface area contributed by atoms with E-state index in [1.807, 2.05) is 36.4 Å². The minimum atomic E-state index is -0.749. The average molecular weight is 479 g/mol. The Balaban J connectivity index is 1.48. The highest BCUT2D eigenvalue weighted by atomic mass is 19.2. The van der Waals surface area contributed by atoms with Gasteiger partial charge in [0.25, 0.3) is 0 Å². The van der Waals surface area contributed by atoms with Gasteiger partial charge >= 0.3 is 0 Å². The second-order valence-corrected chi connectivity index (χ2v) is 10.4. The molecular formula is C32H37F3. The van der Waals surface area contributed by atoms with Crippen molar-refractivity contribution >= 4 is 0 Å². The Morgan fingerprint density at radius 1 is 0.743 bits per heavy atom. The summed E-state index contributed by atoms with van der Waals surface area (Å²) >= 11 is 0. The predicted octanol–water partition coefficient (Wildman–Crippen LogP) is 9.78. The van der Waals surface area contributed by atoms with Gasteiger partial charge in [0.05, 0.1) is 0 Å². The summed E-state index contributed by atoms with van der Waals surface area (Å²) in [5.74, 6) is -0.573. The molecule has 4 rings (SSSR count). The Hall–Kier alpha value is -2.55. The van der Waals surface area contributed by atoms with Gasteiger partial charge in [-0.1, -0.05) is 94.5 Å². The summed E-state index contributed by atoms with van der Waals surface area (Å²) in [4.78, 5) is 0. The third kappa shape index (κ3) is 6.37. The van der Waals surface area contributed by atoms with Crippen LogP contribution in [0.1, 0.15) is 93.4 Å². The molecule has 0 bridgehead atoms. The molecule has 1 saturated carbocycles. The fourth-order valence-corrected chi connectivity index (χ4v) is 5.39. The molecule has 35 heavy (non-hydrogen) atoms. The molecule has 1 aliphatic carbocycles. The van der Waals surface area contributed by atoms with E-state index < -0.39 is 11.6 Å². The predicted molar refractivity (Wildman–Crippen MR) is 139 cm³/mol. The van der Waals surface area contributed by atoms with Crippen molar-refractivity contribution in [3.8, 4) is 11.1 Å². The highest BCUT2D eigenvalue weighted by molar-refractivity contribution is 5.65. The molecule has 1 aliphatic rings. The van der Waals surface area contributed by atoms with Gasteiger partial charge in [-0.25, -0.2) is 13.2 Å². The second kappa shape index (κ2) is 11.9. The van der Waals surface area contributed by atoms with Crippen molar-refractivity contribution in [2.24, 2.45) is 5.92 Å². The third-order valence-corrected chi connectivity index (χ3v) is 7.65. The Labute approximate surface area is 208 Å². The van der Waals surface area contributed by atoms with Gasteiger partial charge in [-0.3, -0.25) is 0 Å². The molecule has 0 heterocycles. The summed E-state index contributed by atoms with van der Waals surface area (Å²) < 4.78 is 44.5. The summed E-state index contributed by atoms with van der Waals surface area (Å²) in [6.45, 7) is 4.40. The van der Waals surface area contributed by atoms with Gasteiger partial charge in [-0.05, 0) is 77.0 Å². The Morgan fingerprint density at radius 2 is 1.46 bits per heavy atom. The first-order valence-electron chi connectivity index (χ1n) is 13.3. The molecule has 0 nitrogen and oxygen atoms in total. The van der Waals surface area contributed by atoms with Gasteiger partial charge in [-0.2, -0.15) is 0 Å². The molecule has 0 unspecified atom stereocenters. The van der Waals surface area contributed by atoms with Crippen LogP contribution < -0.4 is 0 Å². The number of aryl methyl sites for hydroxylation is 1. The maximum absolute atomic E-state index is 15.0. The van der Waals surface area contributed by atoms with Crippen molar-refractivity contribution in [2.75, 3.05) is 0 Å². The molecule has 3 heteroatoms. The largest absolute Gasteiger partial charge is 0.207 e. The van der Waals surface area contributed by atoms with E-state index in [9.17, 15) is 8.78 Å². The van der Waals surface area contributed by atoms with E-state index in [2.05, 4.69) is 13.8 Å². The van der Waals surface area contributed by atoms with Crippen LogP contribution in [-0.4, -0.2) is 0 Å². The van der Waals surface area contributed by atoms with Gasteiger partial charge in [0.1, 0.15) is 5.82 Å². The van der Waals surface area contributed by atoms with Crippen molar-refractivity contribution in [2.45, 2.75) is 84.0 Å². The first-order chi connectivity index (χ1) is 17.0. The van der Waals surface area contributed by atoms with Gasteiger partial charge < -0.3 is 0 Å². The lowest BCUT2D eigenvalue weighted by atomic mass is 9.79. The fraction of sp³-hybridized carbons (Fsp3) is 0.438. The standard InChI is InChI=1S/C32H37F3/c1-3-4-5-6-9-25-15-16-28(32(35)31(25)34)20-23-8-7-10-26(19-23)27-17-18-29(30(33)21-27)24-13-11-22(2)12-14-24/h7-8,10,15-19,21-22,24H,3-6,9,11-14,20H2,1-2H3. The molecule has 1 fully saturated rings. The molecule has 0 amide bonds. The molecule has 3 aromatic carbocycles. The number of benzene rings is 3. The number of halogens is 3. The summed E-state index contributed by atoms with van der Waals surface area (Å²) in [6, 6.07) is 16.7. The Bertz CT molecular complexity index is 1130. The Morgan fingerprint density at radius 3 is 2.20 bits per heavy atom. The van der Waals surface area contributed by atoms with Crippen molar-refractivity contribution in [1.29, 1.82) is 0 Å². The topological polar surface area (TPSA) is 0 Å². The molecule has 186 valence electrons.